The highest BCUT2D eigenvalue weighted by molar-refractivity contribution is 5.99. The summed E-state index contributed by atoms with van der Waals surface area (Å²) in [6.07, 6.45) is 3.65. The zero-order chi connectivity index (χ0) is 22.4. The molecule has 4 aromatic rings. The van der Waals surface area contributed by atoms with Crippen LogP contribution in [0.2, 0.25) is 0 Å². The maximum Gasteiger partial charge on any atom is 0.254 e. The lowest BCUT2D eigenvalue weighted by atomic mass is 9.99. The fourth-order valence-electron chi connectivity index (χ4n) is 4.44. The lowest BCUT2D eigenvalue weighted by molar-refractivity contribution is 0.0787. The van der Waals surface area contributed by atoms with E-state index in [-0.39, 0.29) is 17.8 Å². The summed E-state index contributed by atoms with van der Waals surface area (Å²) in [6, 6.07) is 15.0. The summed E-state index contributed by atoms with van der Waals surface area (Å²) < 4.78 is 17.2. The van der Waals surface area contributed by atoms with Crippen LogP contribution in [0.15, 0.2) is 60.9 Å². The van der Waals surface area contributed by atoms with E-state index in [2.05, 4.69) is 10.3 Å². The Morgan fingerprint density at radius 3 is 2.75 bits per heavy atom. The van der Waals surface area contributed by atoms with Crippen molar-refractivity contribution in [3.8, 4) is 11.1 Å². The molecule has 0 unspecified atom stereocenters. The number of carbonyl (C=O) groups excluding carboxylic acids is 1. The molecule has 0 saturated heterocycles. The number of hydrogen-bond donors (Lipinski definition) is 1. The third kappa shape index (κ3) is 3.32. The van der Waals surface area contributed by atoms with Crippen molar-refractivity contribution in [1.29, 1.82) is 0 Å². The number of nitrogens with zero attached hydrogens (tertiary/aromatic N) is 3. The van der Waals surface area contributed by atoms with Gasteiger partial charge in [-0.05, 0) is 55.3 Å². The Hall–Kier alpha value is -3.67. The second-order valence-electron chi connectivity index (χ2n) is 8.31. The molecular formula is C26H25FN4O. The Morgan fingerprint density at radius 2 is 1.97 bits per heavy atom. The van der Waals surface area contributed by atoms with Crippen LogP contribution in [0.5, 0.6) is 0 Å². The minimum Gasteiger partial charge on any atom is -0.363 e. The third-order valence-corrected chi connectivity index (χ3v) is 6.35. The predicted octanol–water partition coefficient (Wildman–Crippen LogP) is 5.53. The van der Waals surface area contributed by atoms with Gasteiger partial charge in [-0.3, -0.25) is 4.79 Å². The highest BCUT2D eigenvalue weighted by Gasteiger charge is 2.29. The monoisotopic (exact) mass is 428 g/mol. The molecule has 162 valence electrons. The largest absolute Gasteiger partial charge is 0.363 e. The third-order valence-electron chi connectivity index (χ3n) is 6.35. The van der Waals surface area contributed by atoms with Crippen LogP contribution in [0.25, 0.3) is 22.0 Å². The first-order valence-corrected chi connectivity index (χ1v) is 10.8. The highest BCUT2D eigenvalue weighted by atomic mass is 19.1. The number of fused-ring (bicyclic) bond motifs is 2. The predicted molar refractivity (Wildman–Crippen MR) is 125 cm³/mol. The van der Waals surface area contributed by atoms with E-state index in [1.807, 2.05) is 68.1 Å². The van der Waals surface area contributed by atoms with E-state index in [9.17, 15) is 4.79 Å². The van der Waals surface area contributed by atoms with Gasteiger partial charge in [0.2, 0.25) is 0 Å². The molecule has 1 aliphatic heterocycles. The molecular weight excluding hydrogens is 403 g/mol. The van der Waals surface area contributed by atoms with Crippen LogP contribution in [0.3, 0.4) is 0 Å². The van der Waals surface area contributed by atoms with E-state index >= 15 is 4.39 Å². The summed E-state index contributed by atoms with van der Waals surface area (Å²) in [5, 5.41) is 4.46. The van der Waals surface area contributed by atoms with Crippen LogP contribution >= 0.6 is 0 Å². The van der Waals surface area contributed by atoms with Crippen molar-refractivity contribution in [1.82, 2.24) is 14.5 Å². The Labute approximate surface area is 186 Å². The van der Waals surface area contributed by atoms with Crippen molar-refractivity contribution >= 4 is 22.6 Å². The van der Waals surface area contributed by atoms with Crippen LogP contribution in [0.4, 0.5) is 10.2 Å². The number of anilines is 1. The van der Waals surface area contributed by atoms with Crippen molar-refractivity contribution in [2.45, 2.75) is 26.4 Å². The molecule has 1 N–H and O–H groups in total. The fourth-order valence-corrected chi connectivity index (χ4v) is 4.44. The van der Waals surface area contributed by atoms with Crippen molar-refractivity contribution in [2.75, 3.05) is 11.9 Å². The van der Waals surface area contributed by atoms with Gasteiger partial charge in [-0.1, -0.05) is 18.2 Å². The topological polar surface area (TPSA) is 50.2 Å². The minimum absolute atomic E-state index is 0.0337. The summed E-state index contributed by atoms with van der Waals surface area (Å²) in [4.78, 5) is 18.7. The molecule has 32 heavy (non-hydrogen) atoms. The number of aryl methyl sites for hydroxylation is 1. The zero-order valence-corrected chi connectivity index (χ0v) is 18.4. The second kappa shape index (κ2) is 7.79. The Morgan fingerprint density at radius 1 is 1.12 bits per heavy atom. The van der Waals surface area contributed by atoms with Crippen LogP contribution in [-0.2, 0) is 13.6 Å². The SMILES string of the molecule is CCN1Cc2c(ccnc2N[C@@H](C)c2ccc(-c3ccc4c(ccn4C)c3)c(F)c2)C1=O. The molecule has 0 aliphatic carbocycles. The average molecular weight is 429 g/mol. The molecule has 1 aliphatic rings. The number of nitrogens with one attached hydrogen (secondary N) is 1. The Balaban J connectivity index is 1.41. The van der Waals surface area contributed by atoms with Gasteiger partial charge in [-0.25, -0.2) is 9.37 Å². The normalized spacial score (nSPS) is 14.1. The van der Waals surface area contributed by atoms with E-state index in [1.54, 1.807) is 23.2 Å². The summed E-state index contributed by atoms with van der Waals surface area (Å²) in [5.41, 5.74) is 4.97. The molecule has 5 nitrogen and oxygen atoms in total. The number of halogens is 1. The Bertz CT molecular complexity index is 1340. The zero-order valence-electron chi connectivity index (χ0n) is 18.4. The minimum atomic E-state index is -0.259. The highest BCUT2D eigenvalue weighted by Crippen LogP contribution is 2.32. The van der Waals surface area contributed by atoms with Crippen molar-refractivity contribution in [3.05, 3.63) is 83.4 Å². The van der Waals surface area contributed by atoms with E-state index in [0.717, 1.165) is 27.6 Å². The maximum atomic E-state index is 15.1. The average Bonchev–Trinajstić information content (AvgIpc) is 3.33. The number of aromatic nitrogens is 2. The molecule has 2 aromatic carbocycles. The smallest absolute Gasteiger partial charge is 0.254 e. The molecule has 0 saturated carbocycles. The van der Waals surface area contributed by atoms with Crippen molar-refractivity contribution in [3.63, 3.8) is 0 Å². The molecule has 3 heterocycles. The molecule has 1 amide bonds. The van der Waals surface area contributed by atoms with Crippen molar-refractivity contribution < 1.29 is 9.18 Å². The summed E-state index contributed by atoms with van der Waals surface area (Å²) in [6.45, 7) is 5.14. The quantitative estimate of drug-likeness (QED) is 0.455. The molecule has 5 rings (SSSR count). The number of benzene rings is 2. The van der Waals surface area contributed by atoms with Gasteiger partial charge < -0.3 is 14.8 Å². The maximum absolute atomic E-state index is 15.1. The number of amides is 1. The van der Waals surface area contributed by atoms with Gasteiger partial charge in [0.15, 0.2) is 0 Å². The first kappa shape index (κ1) is 20.2. The van der Waals surface area contributed by atoms with Gasteiger partial charge in [-0.15, -0.1) is 0 Å². The van der Waals surface area contributed by atoms with Crippen molar-refractivity contribution in [2.24, 2.45) is 7.05 Å². The second-order valence-corrected chi connectivity index (χ2v) is 8.31. The molecule has 0 fully saturated rings. The van der Waals surface area contributed by atoms with E-state index in [4.69, 9.17) is 0 Å². The van der Waals surface area contributed by atoms with Gasteiger partial charge >= 0.3 is 0 Å². The summed E-state index contributed by atoms with van der Waals surface area (Å²) in [7, 11) is 2.00. The molecule has 0 radical (unpaired) electrons. The number of carbonyl (C=O) groups is 1. The standard InChI is InChI=1S/C26H25FN4O/c1-4-31-15-22-21(26(31)32)9-11-28-25(22)29-16(2)17-5-7-20(23(27)14-17)18-6-8-24-19(13-18)10-12-30(24)3/h5-14,16H,4,15H2,1-3H3,(H,28,29)/t16-/m0/s1. The van der Waals surface area contributed by atoms with Gasteiger partial charge in [0, 0.05) is 53.6 Å². The molecule has 6 heteroatoms. The van der Waals surface area contributed by atoms with Gasteiger partial charge in [0.1, 0.15) is 11.6 Å². The van der Waals surface area contributed by atoms with Gasteiger partial charge in [0.05, 0.1) is 12.6 Å². The summed E-state index contributed by atoms with van der Waals surface area (Å²) >= 11 is 0. The van der Waals surface area contributed by atoms with Crippen LogP contribution in [0, 0.1) is 5.82 Å². The lowest BCUT2D eigenvalue weighted by Gasteiger charge is -2.18. The molecule has 0 bridgehead atoms. The van der Waals surface area contributed by atoms with Crippen LogP contribution in [0.1, 0.15) is 41.4 Å². The summed E-state index contributed by atoms with van der Waals surface area (Å²) in [5.74, 6) is 0.453. The molecule has 0 spiro atoms. The first-order chi connectivity index (χ1) is 15.5. The van der Waals surface area contributed by atoms with Gasteiger partial charge in [-0.2, -0.15) is 0 Å². The molecule has 1 atom stereocenters. The number of hydrogen-bond acceptors (Lipinski definition) is 3. The Kier molecular flexibility index (Phi) is 4.93. The number of pyridine rings is 1. The fraction of sp³-hybridized carbons (Fsp3) is 0.231. The van der Waals surface area contributed by atoms with Crippen LogP contribution in [-0.4, -0.2) is 26.9 Å². The molecule has 2 aromatic heterocycles. The van der Waals surface area contributed by atoms with E-state index in [1.165, 1.54) is 0 Å². The van der Waals surface area contributed by atoms with E-state index < -0.39 is 0 Å². The first-order valence-electron chi connectivity index (χ1n) is 10.8. The lowest BCUT2D eigenvalue weighted by Crippen LogP contribution is -2.22. The van der Waals surface area contributed by atoms with Crippen LogP contribution < -0.4 is 5.32 Å². The van der Waals surface area contributed by atoms with Gasteiger partial charge in [0.25, 0.3) is 5.91 Å². The van der Waals surface area contributed by atoms with E-state index in [0.29, 0.717) is 30.0 Å². The number of rotatable bonds is 5.